The molecule has 0 saturated heterocycles. The molecule has 6 heteroatoms. The molecule has 0 bridgehead atoms. The smallest absolute Gasteiger partial charge is 0.336 e. The van der Waals surface area contributed by atoms with Crippen molar-refractivity contribution in [3.8, 4) is 0 Å². The van der Waals surface area contributed by atoms with Crippen molar-refractivity contribution in [2.75, 3.05) is 5.32 Å². The van der Waals surface area contributed by atoms with Crippen LogP contribution in [0.25, 0.3) is 0 Å². The highest BCUT2D eigenvalue weighted by Crippen LogP contribution is 2.26. The zero-order chi connectivity index (χ0) is 16.6. The molecule has 0 aliphatic heterocycles. The number of rotatable bonds is 3. The summed E-state index contributed by atoms with van der Waals surface area (Å²) >= 11 is 0. The minimum atomic E-state index is -1.02. The quantitative estimate of drug-likeness (QED) is 0.908. The molecule has 0 unspecified atom stereocenters. The number of anilines is 1. The highest BCUT2D eigenvalue weighted by atomic mass is 16.5. The van der Waals surface area contributed by atoms with Crippen LogP contribution in [0.1, 0.15) is 56.1 Å². The molecule has 23 heavy (non-hydrogen) atoms. The van der Waals surface area contributed by atoms with Gasteiger partial charge in [0.25, 0.3) is 5.91 Å². The van der Waals surface area contributed by atoms with Crippen LogP contribution in [0, 0.1) is 13.8 Å². The van der Waals surface area contributed by atoms with Crippen LogP contribution in [0.4, 0.5) is 5.69 Å². The van der Waals surface area contributed by atoms with E-state index < -0.39 is 5.97 Å². The van der Waals surface area contributed by atoms with Crippen LogP contribution in [0.2, 0.25) is 0 Å². The Morgan fingerprint density at radius 2 is 1.91 bits per heavy atom. The average molecular weight is 314 g/mol. The van der Waals surface area contributed by atoms with E-state index in [9.17, 15) is 14.7 Å². The number of aromatic carboxylic acids is 1. The third-order valence-corrected chi connectivity index (χ3v) is 4.22. The molecule has 0 fully saturated rings. The maximum Gasteiger partial charge on any atom is 0.336 e. The largest absolute Gasteiger partial charge is 0.478 e. The van der Waals surface area contributed by atoms with E-state index in [2.05, 4.69) is 10.5 Å². The molecule has 3 rings (SSSR count). The van der Waals surface area contributed by atoms with Crippen molar-refractivity contribution < 1.29 is 19.2 Å². The van der Waals surface area contributed by atoms with Gasteiger partial charge in [0, 0.05) is 17.7 Å². The van der Waals surface area contributed by atoms with Crippen molar-refractivity contribution in [3.63, 3.8) is 0 Å². The molecular weight excluding hydrogens is 296 g/mol. The van der Waals surface area contributed by atoms with E-state index in [0.29, 0.717) is 16.9 Å². The van der Waals surface area contributed by atoms with Crippen molar-refractivity contribution >= 4 is 17.6 Å². The fourth-order valence-electron chi connectivity index (χ4n) is 2.96. The molecule has 0 radical (unpaired) electrons. The predicted octanol–water partition coefficient (Wildman–Crippen LogP) is 3.12. The van der Waals surface area contributed by atoms with Crippen LogP contribution >= 0.6 is 0 Å². The van der Waals surface area contributed by atoms with E-state index in [4.69, 9.17) is 4.52 Å². The molecule has 120 valence electrons. The van der Waals surface area contributed by atoms with Gasteiger partial charge in [0.15, 0.2) is 5.69 Å². The molecule has 1 heterocycles. The van der Waals surface area contributed by atoms with Crippen molar-refractivity contribution in [2.45, 2.75) is 39.5 Å². The Morgan fingerprint density at radius 1 is 1.17 bits per heavy atom. The number of carboxylic acid groups (broad SMARTS) is 1. The topological polar surface area (TPSA) is 92.4 Å². The van der Waals surface area contributed by atoms with Crippen molar-refractivity contribution in [3.05, 3.63) is 45.8 Å². The first-order chi connectivity index (χ1) is 11.0. The van der Waals surface area contributed by atoms with Gasteiger partial charge in [0.05, 0.1) is 5.56 Å². The fourth-order valence-corrected chi connectivity index (χ4v) is 2.96. The molecule has 2 N–H and O–H groups in total. The molecule has 0 spiro atoms. The molecule has 6 nitrogen and oxygen atoms in total. The van der Waals surface area contributed by atoms with Crippen molar-refractivity contribution in [1.82, 2.24) is 5.16 Å². The normalized spacial score (nSPS) is 13.5. The lowest BCUT2D eigenvalue weighted by Crippen LogP contribution is -2.17. The molecule has 1 aliphatic carbocycles. The number of aromatic nitrogens is 1. The molecule has 0 atom stereocenters. The molecule has 2 aromatic rings. The minimum Gasteiger partial charge on any atom is -0.478 e. The minimum absolute atomic E-state index is 0.174. The van der Waals surface area contributed by atoms with Gasteiger partial charge in [-0.1, -0.05) is 11.2 Å². The van der Waals surface area contributed by atoms with E-state index in [1.54, 1.807) is 13.0 Å². The summed E-state index contributed by atoms with van der Waals surface area (Å²) in [5.74, 6) is -0.592. The summed E-state index contributed by atoms with van der Waals surface area (Å²) in [5.41, 5.74) is 3.29. The van der Waals surface area contributed by atoms with Gasteiger partial charge in [-0.25, -0.2) is 4.79 Å². The maximum absolute atomic E-state index is 12.5. The number of hydrogen-bond acceptors (Lipinski definition) is 4. The lowest BCUT2D eigenvalue weighted by Gasteiger charge is -2.12. The summed E-state index contributed by atoms with van der Waals surface area (Å²) < 4.78 is 5.25. The number of carboxylic acids is 1. The summed E-state index contributed by atoms with van der Waals surface area (Å²) in [4.78, 5) is 23.7. The standard InChI is InChI=1S/C17H18N2O4/c1-9-7-10(2)13(8-12(9)17(21)22)18-16(20)15-11-5-3-4-6-14(11)23-19-15/h7-8H,3-6H2,1-2H3,(H,18,20)(H,21,22). The van der Waals surface area contributed by atoms with Crippen LogP contribution in [0.3, 0.4) is 0 Å². The Hall–Kier alpha value is -2.63. The van der Waals surface area contributed by atoms with Gasteiger partial charge in [-0.2, -0.15) is 0 Å². The Kier molecular flexibility index (Phi) is 3.90. The third kappa shape index (κ3) is 2.84. The third-order valence-electron chi connectivity index (χ3n) is 4.22. The number of carbonyl (C=O) groups is 2. The predicted molar refractivity (Wildman–Crippen MR) is 84.0 cm³/mol. The first kappa shape index (κ1) is 15.3. The van der Waals surface area contributed by atoms with Gasteiger partial charge in [-0.15, -0.1) is 0 Å². The number of nitrogens with one attached hydrogen (secondary N) is 1. The number of nitrogens with zero attached hydrogens (tertiary/aromatic N) is 1. The fraction of sp³-hybridized carbons (Fsp3) is 0.353. The van der Waals surface area contributed by atoms with Gasteiger partial charge in [0.2, 0.25) is 0 Å². The van der Waals surface area contributed by atoms with Crippen LogP contribution < -0.4 is 5.32 Å². The first-order valence-corrected chi connectivity index (χ1v) is 7.60. The first-order valence-electron chi connectivity index (χ1n) is 7.60. The van der Waals surface area contributed by atoms with Crippen LogP contribution in [-0.4, -0.2) is 22.1 Å². The molecule has 0 saturated carbocycles. The molecule has 1 aliphatic rings. The monoisotopic (exact) mass is 314 g/mol. The highest BCUT2D eigenvalue weighted by molar-refractivity contribution is 6.05. The Morgan fingerprint density at radius 3 is 2.65 bits per heavy atom. The number of fused-ring (bicyclic) bond motifs is 1. The molecule has 1 aromatic heterocycles. The van der Waals surface area contributed by atoms with Crippen molar-refractivity contribution in [1.29, 1.82) is 0 Å². The van der Waals surface area contributed by atoms with Gasteiger partial charge in [-0.05, 0) is 50.3 Å². The van der Waals surface area contributed by atoms with Gasteiger partial charge in [0.1, 0.15) is 5.76 Å². The molecular formula is C17H18N2O4. The van der Waals surface area contributed by atoms with E-state index >= 15 is 0 Å². The second-order valence-corrected chi connectivity index (χ2v) is 5.88. The average Bonchev–Trinajstić information content (AvgIpc) is 2.93. The van der Waals surface area contributed by atoms with E-state index in [-0.39, 0.29) is 11.5 Å². The van der Waals surface area contributed by atoms with Crippen molar-refractivity contribution in [2.24, 2.45) is 0 Å². The second-order valence-electron chi connectivity index (χ2n) is 5.88. The van der Waals surface area contributed by atoms with E-state index in [1.807, 2.05) is 6.92 Å². The number of hydrogen-bond donors (Lipinski definition) is 2. The van der Waals surface area contributed by atoms with Crippen LogP contribution in [-0.2, 0) is 12.8 Å². The molecule has 1 aromatic carbocycles. The summed E-state index contributed by atoms with van der Waals surface area (Å²) in [5, 5.41) is 15.9. The Bertz CT molecular complexity index is 792. The summed E-state index contributed by atoms with van der Waals surface area (Å²) in [7, 11) is 0. The highest BCUT2D eigenvalue weighted by Gasteiger charge is 2.24. The van der Waals surface area contributed by atoms with E-state index in [1.165, 1.54) is 6.07 Å². The van der Waals surface area contributed by atoms with Crippen LogP contribution in [0.5, 0.6) is 0 Å². The molecule has 1 amide bonds. The van der Waals surface area contributed by atoms with Gasteiger partial charge in [-0.3, -0.25) is 4.79 Å². The maximum atomic E-state index is 12.5. The number of benzene rings is 1. The second kappa shape index (κ2) is 5.87. The lowest BCUT2D eigenvalue weighted by molar-refractivity contribution is 0.0695. The number of amides is 1. The number of aryl methyl sites for hydroxylation is 3. The van der Waals surface area contributed by atoms with Gasteiger partial charge >= 0.3 is 5.97 Å². The summed E-state index contributed by atoms with van der Waals surface area (Å²) in [6, 6.07) is 3.23. The SMILES string of the molecule is Cc1cc(C)c(C(=O)O)cc1NC(=O)c1noc2c1CCCC2. The summed E-state index contributed by atoms with van der Waals surface area (Å²) in [6.45, 7) is 3.56. The lowest BCUT2D eigenvalue weighted by atomic mass is 9.96. The van der Waals surface area contributed by atoms with Gasteiger partial charge < -0.3 is 14.9 Å². The number of carbonyl (C=O) groups excluding carboxylic acids is 1. The Balaban J connectivity index is 1.90. The Labute approximate surface area is 133 Å². The summed E-state index contributed by atoms with van der Waals surface area (Å²) in [6.07, 6.45) is 3.65. The zero-order valence-electron chi connectivity index (χ0n) is 13.1. The van der Waals surface area contributed by atoms with Crippen LogP contribution in [0.15, 0.2) is 16.7 Å². The zero-order valence-corrected chi connectivity index (χ0v) is 13.1. The van der Waals surface area contributed by atoms with E-state index in [0.717, 1.165) is 42.6 Å².